The lowest BCUT2D eigenvalue weighted by Crippen LogP contribution is -2.13. The Bertz CT molecular complexity index is 349. The smallest absolute Gasteiger partial charge is 0.122 e. The summed E-state index contributed by atoms with van der Waals surface area (Å²) in [5.74, 6) is 1.63. The second-order valence-electron chi connectivity index (χ2n) is 4.86. The van der Waals surface area contributed by atoms with Crippen LogP contribution < -0.4 is 10.1 Å². The van der Waals surface area contributed by atoms with E-state index in [1.165, 1.54) is 11.1 Å². The van der Waals surface area contributed by atoms with Crippen molar-refractivity contribution in [2.75, 3.05) is 13.7 Å². The fraction of sp³-hybridized carbons (Fsp3) is 0.600. The summed E-state index contributed by atoms with van der Waals surface area (Å²) in [5, 5.41) is 3.25. The van der Waals surface area contributed by atoms with E-state index in [1.807, 2.05) is 7.05 Å². The number of ether oxygens (including phenoxy) is 1. The number of benzene rings is 1. The Kier molecular flexibility index (Phi) is 5.49. The van der Waals surface area contributed by atoms with Gasteiger partial charge in [-0.3, -0.25) is 0 Å². The minimum Gasteiger partial charge on any atom is -0.493 e. The van der Waals surface area contributed by atoms with Gasteiger partial charge in [0.25, 0.3) is 0 Å². The van der Waals surface area contributed by atoms with E-state index in [4.69, 9.17) is 4.74 Å². The maximum absolute atomic E-state index is 5.84. The lowest BCUT2D eigenvalue weighted by Gasteiger charge is -2.16. The number of nitrogens with one attached hydrogen (secondary N) is 1. The molecular weight excluding hydrogens is 210 g/mol. The molecule has 96 valence electrons. The molecule has 0 bridgehead atoms. The summed E-state index contributed by atoms with van der Waals surface area (Å²) in [7, 11) is 1.98. The van der Waals surface area contributed by atoms with Crippen LogP contribution in [-0.4, -0.2) is 13.7 Å². The van der Waals surface area contributed by atoms with Crippen LogP contribution in [0, 0.1) is 12.8 Å². The fourth-order valence-electron chi connectivity index (χ4n) is 1.62. The first-order valence-corrected chi connectivity index (χ1v) is 6.49. The molecule has 0 spiro atoms. The average Bonchev–Trinajstić information content (AvgIpc) is 2.35. The van der Waals surface area contributed by atoms with Gasteiger partial charge in [-0.2, -0.15) is 0 Å². The van der Waals surface area contributed by atoms with Crippen molar-refractivity contribution >= 4 is 0 Å². The predicted molar refractivity (Wildman–Crippen MR) is 73.6 cm³/mol. The minimum absolute atomic E-state index is 0.386. The first-order valence-electron chi connectivity index (χ1n) is 6.49. The predicted octanol–water partition coefficient (Wildman–Crippen LogP) is 3.70. The largest absolute Gasteiger partial charge is 0.493 e. The number of hydrogen-bond donors (Lipinski definition) is 1. The maximum Gasteiger partial charge on any atom is 0.122 e. The molecule has 2 nitrogen and oxygen atoms in total. The van der Waals surface area contributed by atoms with Gasteiger partial charge in [0, 0.05) is 6.04 Å². The summed E-state index contributed by atoms with van der Waals surface area (Å²) >= 11 is 0. The van der Waals surface area contributed by atoms with E-state index in [9.17, 15) is 0 Å². The van der Waals surface area contributed by atoms with Gasteiger partial charge >= 0.3 is 0 Å². The van der Waals surface area contributed by atoms with Crippen molar-refractivity contribution in [1.29, 1.82) is 0 Å². The summed E-state index contributed by atoms with van der Waals surface area (Å²) in [5.41, 5.74) is 2.52. The molecule has 1 N–H and O–H groups in total. The summed E-state index contributed by atoms with van der Waals surface area (Å²) in [4.78, 5) is 0. The van der Waals surface area contributed by atoms with Gasteiger partial charge in [0.05, 0.1) is 6.61 Å². The average molecular weight is 235 g/mol. The second-order valence-corrected chi connectivity index (χ2v) is 4.86. The van der Waals surface area contributed by atoms with Crippen LogP contribution in [0.25, 0.3) is 0 Å². The van der Waals surface area contributed by atoms with Crippen molar-refractivity contribution in [1.82, 2.24) is 5.32 Å². The SMILES string of the molecule is CCC(C)COc1ccc(C(C)NC)cc1C. The van der Waals surface area contributed by atoms with E-state index in [1.54, 1.807) is 0 Å². The molecule has 1 rings (SSSR count). The van der Waals surface area contributed by atoms with Gasteiger partial charge < -0.3 is 10.1 Å². The second kappa shape index (κ2) is 6.65. The Hall–Kier alpha value is -1.02. The Balaban J connectivity index is 2.69. The quantitative estimate of drug-likeness (QED) is 0.811. The molecule has 2 unspecified atom stereocenters. The molecule has 0 aliphatic rings. The Morgan fingerprint density at radius 1 is 1.29 bits per heavy atom. The summed E-state index contributed by atoms with van der Waals surface area (Å²) < 4.78 is 5.84. The van der Waals surface area contributed by atoms with Crippen LogP contribution in [-0.2, 0) is 0 Å². The van der Waals surface area contributed by atoms with Crippen LogP contribution in [0.4, 0.5) is 0 Å². The van der Waals surface area contributed by atoms with Crippen molar-refractivity contribution < 1.29 is 4.74 Å². The molecule has 0 fully saturated rings. The highest BCUT2D eigenvalue weighted by Crippen LogP contribution is 2.23. The highest BCUT2D eigenvalue weighted by atomic mass is 16.5. The highest BCUT2D eigenvalue weighted by molar-refractivity contribution is 5.37. The molecule has 0 amide bonds. The van der Waals surface area contributed by atoms with Crippen LogP contribution in [0.15, 0.2) is 18.2 Å². The van der Waals surface area contributed by atoms with Crippen LogP contribution in [0.3, 0.4) is 0 Å². The maximum atomic E-state index is 5.84. The van der Waals surface area contributed by atoms with Crippen molar-refractivity contribution in [3.05, 3.63) is 29.3 Å². The molecule has 0 radical (unpaired) electrons. The fourth-order valence-corrected chi connectivity index (χ4v) is 1.62. The Labute approximate surface area is 105 Å². The first-order chi connectivity index (χ1) is 8.08. The van der Waals surface area contributed by atoms with Gasteiger partial charge in [-0.1, -0.05) is 32.4 Å². The normalized spacial score (nSPS) is 14.4. The van der Waals surface area contributed by atoms with Gasteiger partial charge in [0.2, 0.25) is 0 Å². The minimum atomic E-state index is 0.386. The van der Waals surface area contributed by atoms with Crippen LogP contribution >= 0.6 is 0 Å². The van der Waals surface area contributed by atoms with Crippen LogP contribution in [0.1, 0.15) is 44.4 Å². The van der Waals surface area contributed by atoms with Crippen molar-refractivity contribution in [2.24, 2.45) is 5.92 Å². The standard InChI is InChI=1S/C15H25NO/c1-6-11(2)10-17-15-8-7-14(9-12(15)3)13(4)16-5/h7-9,11,13,16H,6,10H2,1-5H3. The lowest BCUT2D eigenvalue weighted by molar-refractivity contribution is 0.255. The molecule has 0 heterocycles. The van der Waals surface area contributed by atoms with E-state index in [2.05, 4.69) is 51.2 Å². The van der Waals surface area contributed by atoms with Crippen molar-refractivity contribution in [3.8, 4) is 5.75 Å². The molecular formula is C15H25NO. The molecule has 17 heavy (non-hydrogen) atoms. The van der Waals surface area contributed by atoms with Crippen LogP contribution in [0.5, 0.6) is 5.75 Å². The number of rotatable bonds is 6. The molecule has 2 atom stereocenters. The van der Waals surface area contributed by atoms with Crippen LogP contribution in [0.2, 0.25) is 0 Å². The first kappa shape index (κ1) is 14.0. The lowest BCUT2D eigenvalue weighted by atomic mass is 10.1. The van der Waals surface area contributed by atoms with Gasteiger partial charge in [-0.25, -0.2) is 0 Å². The third kappa shape index (κ3) is 4.04. The Morgan fingerprint density at radius 3 is 2.53 bits per heavy atom. The highest BCUT2D eigenvalue weighted by Gasteiger charge is 2.07. The van der Waals surface area contributed by atoms with Gasteiger partial charge in [0.15, 0.2) is 0 Å². The van der Waals surface area contributed by atoms with E-state index in [0.29, 0.717) is 12.0 Å². The monoisotopic (exact) mass is 235 g/mol. The summed E-state index contributed by atoms with van der Waals surface area (Å²) in [6, 6.07) is 6.81. The van der Waals surface area contributed by atoms with Gasteiger partial charge in [-0.05, 0) is 44.0 Å². The third-order valence-electron chi connectivity index (χ3n) is 3.35. The number of hydrogen-bond acceptors (Lipinski definition) is 2. The van der Waals surface area contributed by atoms with Gasteiger partial charge in [-0.15, -0.1) is 0 Å². The molecule has 2 heteroatoms. The summed E-state index contributed by atoms with van der Waals surface area (Å²) in [6.45, 7) is 9.48. The van der Waals surface area contributed by atoms with E-state index in [-0.39, 0.29) is 0 Å². The molecule has 0 saturated carbocycles. The molecule has 0 aromatic heterocycles. The zero-order valence-corrected chi connectivity index (χ0v) is 11.7. The van der Waals surface area contributed by atoms with E-state index < -0.39 is 0 Å². The third-order valence-corrected chi connectivity index (χ3v) is 3.35. The molecule has 1 aromatic carbocycles. The van der Waals surface area contributed by atoms with E-state index >= 15 is 0 Å². The van der Waals surface area contributed by atoms with Crippen molar-refractivity contribution in [3.63, 3.8) is 0 Å². The van der Waals surface area contributed by atoms with Gasteiger partial charge in [0.1, 0.15) is 5.75 Å². The Morgan fingerprint density at radius 2 is 2.00 bits per heavy atom. The topological polar surface area (TPSA) is 21.3 Å². The molecule has 1 aromatic rings. The van der Waals surface area contributed by atoms with Crippen molar-refractivity contribution in [2.45, 2.75) is 40.2 Å². The molecule has 0 aliphatic carbocycles. The molecule has 0 saturated heterocycles. The zero-order chi connectivity index (χ0) is 12.8. The number of aryl methyl sites for hydroxylation is 1. The summed E-state index contributed by atoms with van der Waals surface area (Å²) in [6.07, 6.45) is 1.16. The molecule has 0 aliphatic heterocycles. The zero-order valence-electron chi connectivity index (χ0n) is 11.7. The van der Waals surface area contributed by atoms with E-state index in [0.717, 1.165) is 18.8 Å².